The molecule has 1 aliphatic rings. The third kappa shape index (κ3) is 3.01. The second-order valence-corrected chi connectivity index (χ2v) is 6.35. The SMILES string of the molecule is NCc1cccc(S(=O)(=O)N2CCNC(C=O)C2)c1. The summed E-state index contributed by atoms with van der Waals surface area (Å²) in [5.41, 5.74) is 6.29. The quantitative estimate of drug-likeness (QED) is 0.713. The molecule has 1 saturated heterocycles. The molecular formula is C12H17N3O3S. The number of hydrogen-bond acceptors (Lipinski definition) is 5. The molecule has 0 saturated carbocycles. The second-order valence-electron chi connectivity index (χ2n) is 4.41. The van der Waals surface area contributed by atoms with Gasteiger partial charge in [-0.25, -0.2) is 8.42 Å². The van der Waals surface area contributed by atoms with Crippen molar-refractivity contribution in [3.05, 3.63) is 29.8 Å². The summed E-state index contributed by atoms with van der Waals surface area (Å²) in [5.74, 6) is 0. The molecule has 0 aromatic heterocycles. The number of carbonyl (C=O) groups is 1. The number of aldehydes is 1. The van der Waals surface area contributed by atoms with E-state index in [1.165, 1.54) is 4.31 Å². The predicted molar refractivity (Wildman–Crippen MR) is 70.9 cm³/mol. The predicted octanol–water partition coefficient (Wildman–Crippen LogP) is -0.693. The van der Waals surface area contributed by atoms with Crippen LogP contribution < -0.4 is 11.1 Å². The molecule has 1 aromatic carbocycles. The number of sulfonamides is 1. The number of nitrogens with zero attached hydrogens (tertiary/aromatic N) is 1. The van der Waals surface area contributed by atoms with Crippen LogP contribution in [0.4, 0.5) is 0 Å². The molecule has 3 N–H and O–H groups in total. The number of piperazine rings is 1. The fourth-order valence-corrected chi connectivity index (χ4v) is 3.58. The Morgan fingerprint density at radius 3 is 2.95 bits per heavy atom. The summed E-state index contributed by atoms with van der Waals surface area (Å²) < 4.78 is 26.2. The van der Waals surface area contributed by atoms with Crippen molar-refractivity contribution in [2.75, 3.05) is 19.6 Å². The van der Waals surface area contributed by atoms with Crippen LogP contribution >= 0.6 is 0 Å². The summed E-state index contributed by atoms with van der Waals surface area (Å²) in [4.78, 5) is 11.0. The van der Waals surface area contributed by atoms with E-state index in [0.717, 1.165) is 11.8 Å². The fourth-order valence-electron chi connectivity index (χ4n) is 2.04. The lowest BCUT2D eigenvalue weighted by Gasteiger charge is -2.30. The van der Waals surface area contributed by atoms with E-state index in [1.807, 2.05) is 0 Å². The molecule has 0 spiro atoms. The molecular weight excluding hydrogens is 266 g/mol. The molecule has 2 rings (SSSR count). The molecule has 0 aliphatic carbocycles. The van der Waals surface area contributed by atoms with Gasteiger partial charge < -0.3 is 15.8 Å². The van der Waals surface area contributed by atoms with E-state index in [1.54, 1.807) is 24.3 Å². The standard InChI is InChI=1S/C12H17N3O3S/c13-7-10-2-1-3-12(6-10)19(17,18)15-5-4-14-11(8-15)9-16/h1-3,6,9,11,14H,4-5,7-8,13H2. The average Bonchev–Trinajstić information content (AvgIpc) is 2.47. The molecule has 0 radical (unpaired) electrons. The van der Waals surface area contributed by atoms with Crippen molar-refractivity contribution >= 4 is 16.3 Å². The van der Waals surface area contributed by atoms with Crippen LogP contribution in [-0.4, -0.2) is 44.7 Å². The lowest BCUT2D eigenvalue weighted by molar-refractivity contribution is -0.110. The summed E-state index contributed by atoms with van der Waals surface area (Å²) in [6.45, 7) is 1.29. The minimum atomic E-state index is -3.56. The van der Waals surface area contributed by atoms with Crippen molar-refractivity contribution in [1.82, 2.24) is 9.62 Å². The van der Waals surface area contributed by atoms with Crippen LogP contribution in [-0.2, 0) is 21.4 Å². The molecule has 0 amide bonds. The van der Waals surface area contributed by atoms with Gasteiger partial charge in [-0.2, -0.15) is 4.31 Å². The van der Waals surface area contributed by atoms with E-state index in [4.69, 9.17) is 5.73 Å². The van der Waals surface area contributed by atoms with Crippen LogP contribution in [0.3, 0.4) is 0 Å². The first kappa shape index (κ1) is 14.1. The maximum atomic E-state index is 12.5. The van der Waals surface area contributed by atoms with Crippen LogP contribution in [0.5, 0.6) is 0 Å². The molecule has 0 bridgehead atoms. The fraction of sp³-hybridized carbons (Fsp3) is 0.417. The highest BCUT2D eigenvalue weighted by Gasteiger charge is 2.29. The van der Waals surface area contributed by atoms with Gasteiger partial charge in [0, 0.05) is 26.2 Å². The minimum Gasteiger partial charge on any atom is -0.326 e. The van der Waals surface area contributed by atoms with Crippen molar-refractivity contribution < 1.29 is 13.2 Å². The van der Waals surface area contributed by atoms with Gasteiger partial charge in [0.25, 0.3) is 0 Å². The zero-order chi connectivity index (χ0) is 13.9. The van der Waals surface area contributed by atoms with Gasteiger partial charge in [-0.1, -0.05) is 12.1 Å². The topological polar surface area (TPSA) is 92.5 Å². The van der Waals surface area contributed by atoms with Crippen molar-refractivity contribution in [3.8, 4) is 0 Å². The Kier molecular flexibility index (Phi) is 4.31. The number of nitrogens with one attached hydrogen (secondary N) is 1. The van der Waals surface area contributed by atoms with Crippen LogP contribution in [0.1, 0.15) is 5.56 Å². The van der Waals surface area contributed by atoms with Gasteiger partial charge in [-0.15, -0.1) is 0 Å². The summed E-state index contributed by atoms with van der Waals surface area (Å²) in [7, 11) is -3.56. The Labute approximate surface area is 112 Å². The maximum Gasteiger partial charge on any atom is 0.243 e. The Balaban J connectivity index is 2.28. The number of carbonyl (C=O) groups excluding carboxylic acids is 1. The second kappa shape index (κ2) is 5.79. The third-order valence-corrected chi connectivity index (χ3v) is 4.97. The highest BCUT2D eigenvalue weighted by atomic mass is 32.2. The molecule has 1 fully saturated rings. The summed E-state index contributed by atoms with van der Waals surface area (Å²) in [6.07, 6.45) is 0.734. The lowest BCUT2D eigenvalue weighted by Crippen LogP contribution is -2.53. The molecule has 6 nitrogen and oxygen atoms in total. The Bertz CT molecular complexity index is 559. The van der Waals surface area contributed by atoms with E-state index in [0.29, 0.717) is 19.6 Å². The van der Waals surface area contributed by atoms with Gasteiger partial charge >= 0.3 is 0 Å². The molecule has 19 heavy (non-hydrogen) atoms. The number of rotatable bonds is 4. The van der Waals surface area contributed by atoms with E-state index < -0.39 is 16.1 Å². The van der Waals surface area contributed by atoms with Crippen molar-refractivity contribution in [3.63, 3.8) is 0 Å². The molecule has 1 heterocycles. The summed E-state index contributed by atoms with van der Waals surface area (Å²) in [6, 6.07) is 6.14. The summed E-state index contributed by atoms with van der Waals surface area (Å²) in [5, 5.41) is 2.95. The first-order chi connectivity index (χ1) is 9.07. The van der Waals surface area contributed by atoms with Crippen LogP contribution in [0, 0.1) is 0 Å². The number of benzene rings is 1. The smallest absolute Gasteiger partial charge is 0.243 e. The Morgan fingerprint density at radius 2 is 2.26 bits per heavy atom. The average molecular weight is 283 g/mol. The van der Waals surface area contributed by atoms with Crippen LogP contribution in [0.2, 0.25) is 0 Å². The third-order valence-electron chi connectivity index (χ3n) is 3.10. The van der Waals surface area contributed by atoms with E-state index in [2.05, 4.69) is 5.32 Å². The van der Waals surface area contributed by atoms with Gasteiger partial charge in [-0.3, -0.25) is 0 Å². The lowest BCUT2D eigenvalue weighted by atomic mass is 10.2. The van der Waals surface area contributed by atoms with Gasteiger partial charge in [0.2, 0.25) is 10.0 Å². The first-order valence-electron chi connectivity index (χ1n) is 6.06. The largest absolute Gasteiger partial charge is 0.326 e. The zero-order valence-electron chi connectivity index (χ0n) is 10.5. The minimum absolute atomic E-state index is 0.165. The zero-order valence-corrected chi connectivity index (χ0v) is 11.3. The van der Waals surface area contributed by atoms with Gasteiger partial charge in [0.15, 0.2) is 0 Å². The Morgan fingerprint density at radius 1 is 1.47 bits per heavy atom. The number of nitrogens with two attached hydrogens (primary N) is 1. The van der Waals surface area contributed by atoms with Crippen molar-refractivity contribution in [1.29, 1.82) is 0 Å². The molecule has 104 valence electrons. The van der Waals surface area contributed by atoms with Gasteiger partial charge in [-0.05, 0) is 17.7 Å². The first-order valence-corrected chi connectivity index (χ1v) is 7.50. The monoisotopic (exact) mass is 283 g/mol. The normalized spacial score (nSPS) is 21.2. The molecule has 1 unspecified atom stereocenters. The van der Waals surface area contributed by atoms with E-state index in [-0.39, 0.29) is 11.4 Å². The Hall–Kier alpha value is -1.28. The highest BCUT2D eigenvalue weighted by molar-refractivity contribution is 7.89. The number of hydrogen-bond donors (Lipinski definition) is 2. The highest BCUT2D eigenvalue weighted by Crippen LogP contribution is 2.18. The van der Waals surface area contributed by atoms with Crippen LogP contribution in [0.25, 0.3) is 0 Å². The van der Waals surface area contributed by atoms with Crippen molar-refractivity contribution in [2.45, 2.75) is 17.5 Å². The molecule has 7 heteroatoms. The van der Waals surface area contributed by atoms with Crippen LogP contribution in [0.15, 0.2) is 29.2 Å². The van der Waals surface area contributed by atoms with E-state index >= 15 is 0 Å². The maximum absolute atomic E-state index is 12.5. The van der Waals surface area contributed by atoms with E-state index in [9.17, 15) is 13.2 Å². The van der Waals surface area contributed by atoms with Gasteiger partial charge in [0.1, 0.15) is 6.29 Å². The van der Waals surface area contributed by atoms with Crippen molar-refractivity contribution in [2.24, 2.45) is 5.73 Å². The summed E-state index contributed by atoms with van der Waals surface area (Å²) >= 11 is 0. The molecule has 1 aliphatic heterocycles. The van der Waals surface area contributed by atoms with Gasteiger partial charge in [0.05, 0.1) is 10.9 Å². The molecule has 1 atom stereocenters. The molecule has 1 aromatic rings.